The summed E-state index contributed by atoms with van der Waals surface area (Å²) in [4.78, 5) is 3.91. The zero-order chi connectivity index (χ0) is 12.0. The van der Waals surface area contributed by atoms with Crippen molar-refractivity contribution in [3.63, 3.8) is 0 Å². The average Bonchev–Trinajstić information content (AvgIpc) is 2.35. The van der Waals surface area contributed by atoms with Crippen LogP contribution in [0.4, 0.5) is 5.69 Å². The highest BCUT2D eigenvalue weighted by Crippen LogP contribution is 2.28. The molecule has 0 radical (unpaired) electrons. The number of anilines is 1. The summed E-state index contributed by atoms with van der Waals surface area (Å²) in [7, 11) is 4.81. The molecule has 0 unspecified atom stereocenters. The summed E-state index contributed by atoms with van der Waals surface area (Å²) in [5.41, 5.74) is 3.15. The van der Waals surface area contributed by atoms with Gasteiger partial charge in [-0.1, -0.05) is 0 Å². The Morgan fingerprint density at radius 1 is 1.31 bits per heavy atom. The number of aliphatic imine (C=N–C) groups is 1. The fraction of sp³-hybridized carbons (Fsp3) is 0.300. The quantitative estimate of drug-likeness (QED) is 0.302. The number of nitrogens with two attached hydrogens (primary N) is 1. The summed E-state index contributed by atoms with van der Waals surface area (Å²) in [6, 6.07) is 5.40. The molecule has 6 nitrogen and oxygen atoms in total. The second-order valence-corrected chi connectivity index (χ2v) is 2.91. The third-order valence-electron chi connectivity index (χ3n) is 2.02. The van der Waals surface area contributed by atoms with Crippen molar-refractivity contribution in [3.05, 3.63) is 18.2 Å². The zero-order valence-corrected chi connectivity index (χ0v) is 9.57. The van der Waals surface area contributed by atoms with E-state index in [0.717, 1.165) is 11.4 Å². The lowest BCUT2D eigenvalue weighted by Crippen LogP contribution is -2.36. The number of hydrogen-bond acceptors (Lipinski definition) is 4. The van der Waals surface area contributed by atoms with Crippen LogP contribution in [0.5, 0.6) is 11.5 Å². The van der Waals surface area contributed by atoms with E-state index in [1.54, 1.807) is 33.4 Å². The second-order valence-electron chi connectivity index (χ2n) is 2.91. The largest absolute Gasteiger partial charge is 0.497 e. The number of nitrogens with zero attached hydrogens (tertiary/aromatic N) is 1. The molecule has 1 rings (SSSR count). The predicted octanol–water partition coefficient (Wildman–Crippen LogP) is 0.565. The van der Waals surface area contributed by atoms with E-state index in [2.05, 4.69) is 15.7 Å². The molecule has 6 heteroatoms. The van der Waals surface area contributed by atoms with Gasteiger partial charge in [-0.15, -0.1) is 0 Å². The van der Waals surface area contributed by atoms with Gasteiger partial charge >= 0.3 is 0 Å². The van der Waals surface area contributed by atoms with Crippen LogP contribution in [0.25, 0.3) is 0 Å². The van der Waals surface area contributed by atoms with Crippen LogP contribution in [0.2, 0.25) is 0 Å². The van der Waals surface area contributed by atoms with Crippen molar-refractivity contribution in [3.8, 4) is 11.5 Å². The van der Waals surface area contributed by atoms with E-state index in [1.807, 2.05) is 6.07 Å². The molecule has 0 atom stereocenters. The fourth-order valence-electron chi connectivity index (χ4n) is 1.20. The van der Waals surface area contributed by atoms with E-state index in [0.29, 0.717) is 11.7 Å². The van der Waals surface area contributed by atoms with E-state index in [9.17, 15) is 0 Å². The Balaban J connectivity index is 2.99. The molecule has 0 fully saturated rings. The minimum Gasteiger partial charge on any atom is -0.497 e. The Hall–Kier alpha value is -1.95. The molecule has 0 saturated heterocycles. The van der Waals surface area contributed by atoms with Gasteiger partial charge in [0.1, 0.15) is 11.5 Å². The SMILES string of the molecule is CN=C(NN)Nc1cc(OC)ccc1OC. The summed E-state index contributed by atoms with van der Waals surface area (Å²) in [6.45, 7) is 0. The topological polar surface area (TPSA) is 80.9 Å². The average molecular weight is 224 g/mol. The first kappa shape index (κ1) is 12.1. The standard InChI is InChI=1S/C10H16N4O2/c1-12-10(14-11)13-8-6-7(15-2)4-5-9(8)16-3/h4-6H,11H2,1-3H3,(H2,12,13,14). The van der Waals surface area contributed by atoms with Crippen molar-refractivity contribution in [2.75, 3.05) is 26.6 Å². The van der Waals surface area contributed by atoms with Gasteiger partial charge in [0.15, 0.2) is 0 Å². The summed E-state index contributed by atoms with van der Waals surface area (Å²) in [5.74, 6) is 7.11. The Morgan fingerprint density at radius 3 is 2.56 bits per heavy atom. The summed E-state index contributed by atoms with van der Waals surface area (Å²) < 4.78 is 10.3. The molecular formula is C10H16N4O2. The molecule has 0 saturated carbocycles. The van der Waals surface area contributed by atoms with Gasteiger partial charge in [0.05, 0.1) is 19.9 Å². The van der Waals surface area contributed by atoms with Gasteiger partial charge in [-0.05, 0) is 12.1 Å². The molecule has 0 aliphatic rings. The van der Waals surface area contributed by atoms with Gasteiger partial charge in [0, 0.05) is 13.1 Å². The van der Waals surface area contributed by atoms with E-state index in [4.69, 9.17) is 15.3 Å². The van der Waals surface area contributed by atoms with E-state index in [1.165, 1.54) is 0 Å². The van der Waals surface area contributed by atoms with Crippen molar-refractivity contribution in [1.82, 2.24) is 5.43 Å². The molecule has 88 valence electrons. The Labute approximate surface area is 94.4 Å². The molecule has 16 heavy (non-hydrogen) atoms. The predicted molar refractivity (Wildman–Crippen MR) is 63.9 cm³/mol. The monoisotopic (exact) mass is 224 g/mol. The Morgan fingerprint density at radius 2 is 2.06 bits per heavy atom. The first-order chi connectivity index (χ1) is 7.74. The maximum atomic E-state index is 5.28. The number of methoxy groups -OCH3 is 2. The highest BCUT2D eigenvalue weighted by Gasteiger charge is 2.06. The van der Waals surface area contributed by atoms with Gasteiger partial charge in [0.25, 0.3) is 0 Å². The minimum atomic E-state index is 0.437. The summed E-state index contributed by atoms with van der Waals surface area (Å²) >= 11 is 0. The molecule has 1 aromatic rings. The van der Waals surface area contributed by atoms with Gasteiger partial charge in [-0.25, -0.2) is 5.84 Å². The first-order valence-electron chi connectivity index (χ1n) is 4.67. The fourth-order valence-corrected chi connectivity index (χ4v) is 1.20. The molecule has 0 amide bonds. The Bertz CT molecular complexity index is 379. The number of benzene rings is 1. The van der Waals surface area contributed by atoms with E-state index in [-0.39, 0.29) is 0 Å². The first-order valence-corrected chi connectivity index (χ1v) is 4.67. The summed E-state index contributed by atoms with van der Waals surface area (Å²) in [6.07, 6.45) is 0. The van der Waals surface area contributed by atoms with Crippen LogP contribution in [0, 0.1) is 0 Å². The zero-order valence-electron chi connectivity index (χ0n) is 9.57. The molecular weight excluding hydrogens is 208 g/mol. The number of nitrogens with one attached hydrogen (secondary N) is 2. The van der Waals surface area contributed by atoms with E-state index >= 15 is 0 Å². The van der Waals surface area contributed by atoms with Gasteiger partial charge in [-0.2, -0.15) is 0 Å². The lowest BCUT2D eigenvalue weighted by Gasteiger charge is -2.13. The van der Waals surface area contributed by atoms with Crippen LogP contribution in [-0.4, -0.2) is 27.2 Å². The molecule has 0 aromatic heterocycles. The molecule has 0 bridgehead atoms. The molecule has 0 spiro atoms. The second kappa shape index (κ2) is 5.82. The van der Waals surface area contributed by atoms with Gasteiger partial charge in [-0.3, -0.25) is 10.4 Å². The third-order valence-corrected chi connectivity index (χ3v) is 2.02. The maximum Gasteiger partial charge on any atom is 0.210 e. The van der Waals surface area contributed by atoms with Crippen LogP contribution in [0.15, 0.2) is 23.2 Å². The van der Waals surface area contributed by atoms with Crippen molar-refractivity contribution in [1.29, 1.82) is 0 Å². The number of guanidine groups is 1. The summed E-state index contributed by atoms with van der Waals surface area (Å²) in [5, 5.41) is 2.98. The van der Waals surface area contributed by atoms with Crippen LogP contribution < -0.4 is 26.1 Å². The maximum absolute atomic E-state index is 5.28. The molecule has 0 aliphatic carbocycles. The smallest absolute Gasteiger partial charge is 0.210 e. The van der Waals surface area contributed by atoms with Crippen molar-refractivity contribution < 1.29 is 9.47 Å². The van der Waals surface area contributed by atoms with Crippen LogP contribution in [-0.2, 0) is 0 Å². The van der Waals surface area contributed by atoms with Crippen molar-refractivity contribution in [2.45, 2.75) is 0 Å². The highest BCUT2D eigenvalue weighted by molar-refractivity contribution is 5.94. The molecule has 4 N–H and O–H groups in total. The lowest BCUT2D eigenvalue weighted by atomic mass is 10.2. The lowest BCUT2D eigenvalue weighted by molar-refractivity contribution is 0.405. The number of rotatable bonds is 3. The highest BCUT2D eigenvalue weighted by atomic mass is 16.5. The number of ether oxygens (including phenoxy) is 2. The molecule has 0 heterocycles. The number of hydrazine groups is 1. The van der Waals surface area contributed by atoms with Crippen LogP contribution in [0.3, 0.4) is 0 Å². The van der Waals surface area contributed by atoms with Crippen molar-refractivity contribution >= 4 is 11.6 Å². The normalized spacial score (nSPS) is 10.9. The molecule has 0 aliphatic heterocycles. The van der Waals surface area contributed by atoms with Crippen LogP contribution in [0.1, 0.15) is 0 Å². The van der Waals surface area contributed by atoms with E-state index < -0.39 is 0 Å². The number of hydrogen-bond donors (Lipinski definition) is 3. The minimum absolute atomic E-state index is 0.437. The molecule has 1 aromatic carbocycles. The van der Waals surface area contributed by atoms with Crippen LogP contribution >= 0.6 is 0 Å². The third kappa shape index (κ3) is 2.77. The van der Waals surface area contributed by atoms with Crippen molar-refractivity contribution in [2.24, 2.45) is 10.8 Å². The van der Waals surface area contributed by atoms with Gasteiger partial charge in [0.2, 0.25) is 5.96 Å². The Kier molecular flexibility index (Phi) is 4.41. The van der Waals surface area contributed by atoms with Gasteiger partial charge < -0.3 is 14.8 Å².